The minimum absolute atomic E-state index is 0.0657. The first-order chi connectivity index (χ1) is 8.66. The van der Waals surface area contributed by atoms with Gasteiger partial charge in [-0.15, -0.1) is 0 Å². The third-order valence-electron chi connectivity index (χ3n) is 3.20. The molecule has 98 valence electrons. The fourth-order valence-corrected chi connectivity index (χ4v) is 2.12. The molecule has 0 saturated carbocycles. The molecule has 2 rings (SSSR count). The lowest BCUT2D eigenvalue weighted by Gasteiger charge is -2.17. The SMILES string of the molecule is CC(O)CCNC(=O)c1ccc2c(c1)CNCC2. The molecule has 1 aliphatic rings. The van der Waals surface area contributed by atoms with Gasteiger partial charge in [0.15, 0.2) is 0 Å². The Kier molecular flexibility index (Phi) is 4.33. The predicted octanol–water partition coefficient (Wildman–Crippen LogP) is 0.833. The first-order valence-electron chi connectivity index (χ1n) is 6.45. The zero-order valence-corrected chi connectivity index (χ0v) is 10.7. The van der Waals surface area contributed by atoms with Crippen LogP contribution in [0.3, 0.4) is 0 Å². The number of aliphatic hydroxyl groups is 1. The summed E-state index contributed by atoms with van der Waals surface area (Å²) in [6.45, 7) is 4.07. The molecule has 0 aliphatic carbocycles. The Morgan fingerprint density at radius 2 is 2.33 bits per heavy atom. The van der Waals surface area contributed by atoms with Gasteiger partial charge in [-0.05, 0) is 49.6 Å². The zero-order valence-electron chi connectivity index (χ0n) is 10.7. The zero-order chi connectivity index (χ0) is 13.0. The highest BCUT2D eigenvalue weighted by molar-refractivity contribution is 5.94. The van der Waals surface area contributed by atoms with E-state index < -0.39 is 0 Å². The van der Waals surface area contributed by atoms with Crippen LogP contribution in [0.2, 0.25) is 0 Å². The number of carbonyl (C=O) groups is 1. The molecule has 4 heteroatoms. The maximum atomic E-state index is 11.9. The summed E-state index contributed by atoms with van der Waals surface area (Å²) in [5.74, 6) is -0.0657. The number of nitrogens with one attached hydrogen (secondary N) is 2. The Morgan fingerprint density at radius 1 is 1.50 bits per heavy atom. The van der Waals surface area contributed by atoms with Crippen molar-refractivity contribution in [2.75, 3.05) is 13.1 Å². The summed E-state index contributed by atoms with van der Waals surface area (Å²) >= 11 is 0. The Morgan fingerprint density at radius 3 is 3.11 bits per heavy atom. The summed E-state index contributed by atoms with van der Waals surface area (Å²) in [5.41, 5.74) is 3.24. The Labute approximate surface area is 107 Å². The van der Waals surface area contributed by atoms with Gasteiger partial charge >= 0.3 is 0 Å². The molecule has 0 spiro atoms. The summed E-state index contributed by atoms with van der Waals surface area (Å²) < 4.78 is 0. The van der Waals surface area contributed by atoms with Crippen molar-refractivity contribution in [1.29, 1.82) is 0 Å². The van der Waals surface area contributed by atoms with E-state index in [0.717, 1.165) is 19.5 Å². The second-order valence-corrected chi connectivity index (χ2v) is 4.80. The molecule has 1 aliphatic heterocycles. The number of rotatable bonds is 4. The van der Waals surface area contributed by atoms with E-state index in [2.05, 4.69) is 10.6 Å². The van der Waals surface area contributed by atoms with Crippen molar-refractivity contribution in [3.8, 4) is 0 Å². The number of aliphatic hydroxyl groups excluding tert-OH is 1. The van der Waals surface area contributed by atoms with Crippen LogP contribution in [0, 0.1) is 0 Å². The van der Waals surface area contributed by atoms with E-state index in [-0.39, 0.29) is 12.0 Å². The smallest absolute Gasteiger partial charge is 0.251 e. The highest BCUT2D eigenvalue weighted by atomic mass is 16.3. The molecule has 1 unspecified atom stereocenters. The maximum Gasteiger partial charge on any atom is 0.251 e. The minimum Gasteiger partial charge on any atom is -0.393 e. The summed E-state index contributed by atoms with van der Waals surface area (Å²) in [7, 11) is 0. The second-order valence-electron chi connectivity index (χ2n) is 4.80. The quantitative estimate of drug-likeness (QED) is 0.739. The fourth-order valence-electron chi connectivity index (χ4n) is 2.12. The Balaban J connectivity index is 1.98. The van der Waals surface area contributed by atoms with Crippen LogP contribution in [0.1, 0.15) is 34.8 Å². The van der Waals surface area contributed by atoms with Gasteiger partial charge in [0.1, 0.15) is 0 Å². The van der Waals surface area contributed by atoms with Crippen LogP contribution in [-0.4, -0.2) is 30.2 Å². The van der Waals surface area contributed by atoms with Crippen LogP contribution in [0.5, 0.6) is 0 Å². The van der Waals surface area contributed by atoms with Crippen LogP contribution in [0.15, 0.2) is 18.2 Å². The molecule has 1 aromatic carbocycles. The van der Waals surface area contributed by atoms with Gasteiger partial charge in [0.2, 0.25) is 0 Å². The lowest BCUT2D eigenvalue weighted by molar-refractivity contribution is 0.0945. The molecule has 0 saturated heterocycles. The molecular formula is C14H20N2O2. The van der Waals surface area contributed by atoms with E-state index in [1.165, 1.54) is 11.1 Å². The molecule has 3 N–H and O–H groups in total. The van der Waals surface area contributed by atoms with Crippen molar-refractivity contribution in [2.24, 2.45) is 0 Å². The molecule has 1 atom stereocenters. The fraction of sp³-hybridized carbons (Fsp3) is 0.500. The molecule has 1 amide bonds. The third-order valence-corrected chi connectivity index (χ3v) is 3.20. The normalized spacial score (nSPS) is 15.9. The summed E-state index contributed by atoms with van der Waals surface area (Å²) in [6.07, 6.45) is 1.23. The van der Waals surface area contributed by atoms with E-state index in [4.69, 9.17) is 5.11 Å². The van der Waals surface area contributed by atoms with E-state index in [0.29, 0.717) is 18.5 Å². The number of amides is 1. The van der Waals surface area contributed by atoms with Gasteiger partial charge in [-0.2, -0.15) is 0 Å². The highest BCUT2D eigenvalue weighted by Gasteiger charge is 2.12. The molecule has 0 fully saturated rings. The highest BCUT2D eigenvalue weighted by Crippen LogP contribution is 2.15. The van der Waals surface area contributed by atoms with E-state index >= 15 is 0 Å². The maximum absolute atomic E-state index is 11.9. The molecule has 18 heavy (non-hydrogen) atoms. The molecule has 0 aromatic heterocycles. The number of carbonyl (C=O) groups excluding carboxylic acids is 1. The first-order valence-corrected chi connectivity index (χ1v) is 6.45. The average molecular weight is 248 g/mol. The van der Waals surface area contributed by atoms with Gasteiger partial charge in [0.05, 0.1) is 6.10 Å². The van der Waals surface area contributed by atoms with Gasteiger partial charge in [0, 0.05) is 18.7 Å². The summed E-state index contributed by atoms with van der Waals surface area (Å²) in [6, 6.07) is 5.88. The number of hydrogen-bond acceptors (Lipinski definition) is 3. The van der Waals surface area contributed by atoms with Crippen LogP contribution in [0.4, 0.5) is 0 Å². The summed E-state index contributed by atoms with van der Waals surface area (Å²) in [4.78, 5) is 11.9. The molecular weight excluding hydrogens is 228 g/mol. The van der Waals surface area contributed by atoms with Crippen LogP contribution in [-0.2, 0) is 13.0 Å². The predicted molar refractivity (Wildman–Crippen MR) is 70.5 cm³/mol. The van der Waals surface area contributed by atoms with Gasteiger partial charge in [-0.3, -0.25) is 4.79 Å². The number of hydrogen-bond donors (Lipinski definition) is 3. The van der Waals surface area contributed by atoms with Gasteiger partial charge < -0.3 is 15.7 Å². The standard InChI is InChI=1S/C14H20N2O2/c1-10(17)4-7-16-14(18)12-3-2-11-5-6-15-9-13(11)8-12/h2-3,8,10,15,17H,4-7,9H2,1H3,(H,16,18). The Hall–Kier alpha value is -1.39. The largest absolute Gasteiger partial charge is 0.393 e. The lowest BCUT2D eigenvalue weighted by Crippen LogP contribution is -2.28. The van der Waals surface area contributed by atoms with E-state index in [9.17, 15) is 4.79 Å². The van der Waals surface area contributed by atoms with Gasteiger partial charge in [-0.1, -0.05) is 6.07 Å². The lowest BCUT2D eigenvalue weighted by atomic mass is 9.98. The van der Waals surface area contributed by atoms with Crippen molar-refractivity contribution in [3.05, 3.63) is 34.9 Å². The number of benzene rings is 1. The topological polar surface area (TPSA) is 61.4 Å². The molecule has 1 heterocycles. The Bertz CT molecular complexity index is 430. The molecule has 4 nitrogen and oxygen atoms in total. The van der Waals surface area contributed by atoms with Crippen molar-refractivity contribution < 1.29 is 9.90 Å². The van der Waals surface area contributed by atoms with Crippen molar-refractivity contribution >= 4 is 5.91 Å². The summed E-state index contributed by atoms with van der Waals surface area (Å²) in [5, 5.41) is 15.3. The van der Waals surface area contributed by atoms with Crippen molar-refractivity contribution in [2.45, 2.75) is 32.4 Å². The van der Waals surface area contributed by atoms with Crippen molar-refractivity contribution in [3.63, 3.8) is 0 Å². The molecule has 0 radical (unpaired) electrons. The van der Waals surface area contributed by atoms with Crippen LogP contribution >= 0.6 is 0 Å². The van der Waals surface area contributed by atoms with Crippen LogP contribution in [0.25, 0.3) is 0 Å². The molecule has 1 aromatic rings. The van der Waals surface area contributed by atoms with Gasteiger partial charge in [-0.25, -0.2) is 0 Å². The molecule has 0 bridgehead atoms. The van der Waals surface area contributed by atoms with Crippen LogP contribution < -0.4 is 10.6 Å². The second kappa shape index (κ2) is 5.98. The average Bonchev–Trinajstić information content (AvgIpc) is 2.37. The van der Waals surface area contributed by atoms with E-state index in [1.807, 2.05) is 18.2 Å². The monoisotopic (exact) mass is 248 g/mol. The third kappa shape index (κ3) is 3.31. The van der Waals surface area contributed by atoms with Gasteiger partial charge in [0.25, 0.3) is 5.91 Å². The minimum atomic E-state index is -0.377. The number of fused-ring (bicyclic) bond motifs is 1. The van der Waals surface area contributed by atoms with Crippen molar-refractivity contribution in [1.82, 2.24) is 10.6 Å². The first kappa shape index (κ1) is 13.1. The van der Waals surface area contributed by atoms with E-state index in [1.54, 1.807) is 6.92 Å².